The van der Waals surface area contributed by atoms with Gasteiger partial charge in [0.05, 0.1) is 11.2 Å². The molecule has 1 aliphatic rings. The summed E-state index contributed by atoms with van der Waals surface area (Å²) in [5.74, 6) is 0. The lowest BCUT2D eigenvalue weighted by molar-refractivity contribution is 0.104. The quantitative estimate of drug-likeness (QED) is 0.665. The van der Waals surface area contributed by atoms with E-state index in [2.05, 4.69) is 25.8 Å². The number of pyridine rings is 1. The highest BCUT2D eigenvalue weighted by Crippen LogP contribution is 2.19. The zero-order chi connectivity index (χ0) is 19.7. The molecular weight excluding hydrogens is 426 g/mol. The molecule has 3 heterocycles. The number of fused-ring (bicyclic) bond motifs is 1. The molecule has 2 aromatic heterocycles. The maximum atomic E-state index is 13.2. The molecule has 0 bridgehead atoms. The van der Waals surface area contributed by atoms with Gasteiger partial charge in [-0.3, -0.25) is 9.47 Å². The Labute approximate surface area is 169 Å². The van der Waals surface area contributed by atoms with Crippen molar-refractivity contribution in [2.75, 3.05) is 32.7 Å². The second-order valence-electron chi connectivity index (χ2n) is 6.71. The zero-order valence-electron chi connectivity index (χ0n) is 15.2. The van der Waals surface area contributed by atoms with E-state index in [1.54, 1.807) is 15.3 Å². The molecule has 8 nitrogen and oxygen atoms in total. The monoisotopic (exact) mass is 445 g/mol. The number of benzene rings is 1. The molecule has 28 heavy (non-hydrogen) atoms. The predicted octanol–water partition coefficient (Wildman–Crippen LogP) is 2.25. The summed E-state index contributed by atoms with van der Waals surface area (Å²) >= 11 is 3.45. The highest BCUT2D eigenvalue weighted by atomic mass is 79.9. The Balaban J connectivity index is 1.62. The minimum absolute atomic E-state index is 0.129. The molecule has 146 valence electrons. The Kier molecular flexibility index (Phi) is 5.19. The Morgan fingerprint density at radius 1 is 1.11 bits per heavy atom. The number of carboxylic acid groups (broad SMARTS) is 1. The fourth-order valence-corrected chi connectivity index (χ4v) is 3.86. The Bertz CT molecular complexity index is 1050. The first-order valence-corrected chi connectivity index (χ1v) is 9.86. The van der Waals surface area contributed by atoms with Gasteiger partial charge in [-0.25, -0.2) is 19.1 Å². The van der Waals surface area contributed by atoms with E-state index in [-0.39, 0.29) is 5.69 Å². The van der Waals surface area contributed by atoms with Gasteiger partial charge < -0.3 is 10.0 Å². The summed E-state index contributed by atoms with van der Waals surface area (Å²) in [5, 5.41) is 9.07. The summed E-state index contributed by atoms with van der Waals surface area (Å²) in [4.78, 5) is 32.3. The Morgan fingerprint density at radius 3 is 2.50 bits per heavy atom. The molecule has 0 saturated carbocycles. The van der Waals surface area contributed by atoms with Crippen LogP contribution in [0.2, 0.25) is 0 Å². The lowest BCUT2D eigenvalue weighted by atomic mass is 10.3. The van der Waals surface area contributed by atoms with Crippen LogP contribution in [0.5, 0.6) is 0 Å². The zero-order valence-corrected chi connectivity index (χ0v) is 16.7. The molecule has 1 saturated heterocycles. The van der Waals surface area contributed by atoms with Crippen LogP contribution in [0.1, 0.15) is 0 Å². The van der Waals surface area contributed by atoms with E-state index in [4.69, 9.17) is 5.11 Å². The summed E-state index contributed by atoms with van der Waals surface area (Å²) in [6.45, 7) is 3.50. The first-order valence-electron chi connectivity index (χ1n) is 9.07. The molecule has 0 spiro atoms. The van der Waals surface area contributed by atoms with Gasteiger partial charge in [0.1, 0.15) is 0 Å². The van der Waals surface area contributed by atoms with Crippen molar-refractivity contribution in [3.8, 4) is 5.69 Å². The van der Waals surface area contributed by atoms with Crippen molar-refractivity contribution >= 4 is 33.2 Å². The molecule has 1 amide bonds. The number of hydrogen-bond acceptors (Lipinski definition) is 4. The lowest BCUT2D eigenvalue weighted by Gasteiger charge is -2.33. The molecule has 0 atom stereocenters. The van der Waals surface area contributed by atoms with Crippen molar-refractivity contribution in [1.29, 1.82) is 0 Å². The number of imidazole rings is 1. The van der Waals surface area contributed by atoms with Gasteiger partial charge in [-0.1, -0.05) is 18.2 Å². The maximum absolute atomic E-state index is 13.2. The molecule has 0 unspecified atom stereocenters. The first-order chi connectivity index (χ1) is 13.5. The van der Waals surface area contributed by atoms with Crippen molar-refractivity contribution < 1.29 is 9.90 Å². The molecule has 1 fully saturated rings. The molecule has 0 radical (unpaired) electrons. The van der Waals surface area contributed by atoms with Gasteiger partial charge >= 0.3 is 11.8 Å². The molecule has 3 aromatic rings. The van der Waals surface area contributed by atoms with E-state index in [9.17, 15) is 9.59 Å². The predicted molar refractivity (Wildman–Crippen MR) is 109 cm³/mol. The summed E-state index contributed by atoms with van der Waals surface area (Å²) in [6.07, 6.45) is 0.814. The fourth-order valence-electron chi connectivity index (χ4n) is 3.54. The average molecular weight is 446 g/mol. The van der Waals surface area contributed by atoms with Crippen LogP contribution in [0.4, 0.5) is 4.79 Å². The van der Waals surface area contributed by atoms with Crippen molar-refractivity contribution in [3.63, 3.8) is 0 Å². The van der Waals surface area contributed by atoms with Crippen LogP contribution in [0.25, 0.3) is 16.9 Å². The third kappa shape index (κ3) is 3.55. The standard InChI is InChI=1S/C19H20BrN5O3/c20-14-12-16-17(21-13-14)25(15-4-2-1-3-5-15)18(26)24(16)11-8-22-6-9-23(10-7-22)19(27)28/h1-5,12-13H,6-11H2,(H,27,28). The van der Waals surface area contributed by atoms with E-state index in [0.29, 0.717) is 44.9 Å². The van der Waals surface area contributed by atoms with E-state index < -0.39 is 6.09 Å². The minimum atomic E-state index is -0.877. The summed E-state index contributed by atoms with van der Waals surface area (Å²) < 4.78 is 4.18. The van der Waals surface area contributed by atoms with Crippen LogP contribution in [0, 0.1) is 0 Å². The normalized spacial score (nSPS) is 15.2. The second-order valence-corrected chi connectivity index (χ2v) is 7.63. The van der Waals surface area contributed by atoms with E-state index in [1.165, 1.54) is 4.90 Å². The summed E-state index contributed by atoms with van der Waals surface area (Å²) in [7, 11) is 0. The number of halogens is 1. The van der Waals surface area contributed by atoms with Crippen LogP contribution < -0.4 is 5.69 Å². The first kappa shape index (κ1) is 18.7. The van der Waals surface area contributed by atoms with E-state index in [0.717, 1.165) is 15.7 Å². The second kappa shape index (κ2) is 7.76. The Morgan fingerprint density at radius 2 is 1.82 bits per heavy atom. The molecule has 0 aliphatic carbocycles. The van der Waals surface area contributed by atoms with Gasteiger partial charge in [-0.05, 0) is 34.1 Å². The van der Waals surface area contributed by atoms with Gasteiger partial charge in [0.25, 0.3) is 0 Å². The molecule has 1 N–H and O–H groups in total. The largest absolute Gasteiger partial charge is 0.465 e. The van der Waals surface area contributed by atoms with Crippen molar-refractivity contribution in [1.82, 2.24) is 23.9 Å². The van der Waals surface area contributed by atoms with E-state index in [1.807, 2.05) is 36.4 Å². The van der Waals surface area contributed by atoms with E-state index >= 15 is 0 Å². The molecular formula is C19H20BrN5O3. The molecule has 4 rings (SSSR count). The van der Waals surface area contributed by atoms with Gasteiger partial charge in [-0.15, -0.1) is 0 Å². The number of nitrogens with zero attached hydrogens (tertiary/aromatic N) is 5. The van der Waals surface area contributed by atoms with Gasteiger partial charge in [-0.2, -0.15) is 0 Å². The van der Waals surface area contributed by atoms with Gasteiger partial charge in [0.15, 0.2) is 5.65 Å². The fraction of sp³-hybridized carbons (Fsp3) is 0.316. The maximum Gasteiger partial charge on any atom is 0.407 e. The SMILES string of the molecule is O=C(O)N1CCN(CCn2c(=O)n(-c3ccccc3)c3ncc(Br)cc32)CC1. The van der Waals surface area contributed by atoms with Crippen LogP contribution >= 0.6 is 15.9 Å². The topological polar surface area (TPSA) is 83.6 Å². The average Bonchev–Trinajstić information content (AvgIpc) is 2.98. The van der Waals surface area contributed by atoms with Crippen LogP contribution in [-0.4, -0.2) is 67.8 Å². The number of piperazine rings is 1. The third-order valence-electron chi connectivity index (χ3n) is 5.04. The van der Waals surface area contributed by atoms with Crippen molar-refractivity contribution in [3.05, 3.63) is 57.6 Å². The number of carbonyl (C=O) groups is 1. The number of aromatic nitrogens is 3. The summed E-state index contributed by atoms with van der Waals surface area (Å²) in [6, 6.07) is 11.4. The highest BCUT2D eigenvalue weighted by Gasteiger charge is 2.21. The van der Waals surface area contributed by atoms with Crippen LogP contribution in [-0.2, 0) is 6.54 Å². The van der Waals surface area contributed by atoms with Gasteiger partial charge in [0.2, 0.25) is 0 Å². The molecule has 1 aromatic carbocycles. The molecule has 1 aliphatic heterocycles. The molecule has 9 heteroatoms. The van der Waals surface area contributed by atoms with Crippen molar-refractivity contribution in [2.45, 2.75) is 6.54 Å². The Hall–Kier alpha value is -2.65. The highest BCUT2D eigenvalue weighted by molar-refractivity contribution is 9.10. The van der Waals surface area contributed by atoms with Crippen LogP contribution in [0.3, 0.4) is 0 Å². The van der Waals surface area contributed by atoms with Crippen molar-refractivity contribution in [2.24, 2.45) is 0 Å². The lowest BCUT2D eigenvalue weighted by Crippen LogP contribution is -2.49. The number of rotatable bonds is 4. The number of para-hydroxylation sites is 1. The smallest absolute Gasteiger partial charge is 0.407 e. The van der Waals surface area contributed by atoms with Crippen LogP contribution in [0.15, 0.2) is 51.9 Å². The number of hydrogen-bond donors (Lipinski definition) is 1. The van der Waals surface area contributed by atoms with Gasteiger partial charge in [0, 0.05) is 49.9 Å². The number of amides is 1. The summed E-state index contributed by atoms with van der Waals surface area (Å²) in [5.41, 5.74) is 2.04. The minimum Gasteiger partial charge on any atom is -0.465 e. The third-order valence-corrected chi connectivity index (χ3v) is 5.47.